The van der Waals surface area contributed by atoms with Gasteiger partial charge in [0.05, 0.1) is 5.57 Å². The van der Waals surface area contributed by atoms with E-state index in [1.807, 2.05) is 0 Å². The summed E-state index contributed by atoms with van der Waals surface area (Å²) in [6.07, 6.45) is -1.20. The van der Waals surface area contributed by atoms with Crippen molar-refractivity contribution in [2.45, 2.75) is 6.18 Å². The molecule has 0 saturated carbocycles. The lowest BCUT2D eigenvalue weighted by Gasteiger charge is -2.11. The molecule has 0 N–H and O–H groups in total. The molecule has 5 heteroatoms. The lowest BCUT2D eigenvalue weighted by atomic mass is 10.1. The van der Waals surface area contributed by atoms with Gasteiger partial charge in [-0.15, -0.1) is 0 Å². The Bertz CT molecular complexity index is 444. The minimum atomic E-state index is -4.49. The molecule has 0 bridgehead atoms. The van der Waals surface area contributed by atoms with Gasteiger partial charge >= 0.3 is 6.18 Å². The molecule has 0 radical (unpaired) electrons. The lowest BCUT2D eigenvalue weighted by molar-refractivity contribution is -0.104. The van der Waals surface area contributed by atoms with Crippen molar-refractivity contribution < 1.29 is 18.0 Å². The summed E-state index contributed by atoms with van der Waals surface area (Å²) in [5, 5.41) is 0.360. The number of hydrogen-bond acceptors (Lipinski definition) is 1. The smallest absolute Gasteiger partial charge is 0.299 e. The summed E-state index contributed by atoms with van der Waals surface area (Å²) in [6, 6.07) is 5.30. The highest BCUT2D eigenvalue weighted by molar-refractivity contribution is 6.30. The summed E-state index contributed by atoms with van der Waals surface area (Å²) in [5.41, 5.74) is -0.829. The van der Waals surface area contributed by atoms with Crippen LogP contribution in [0.1, 0.15) is 5.56 Å². The second-order valence-electron chi connectivity index (χ2n) is 3.11. The van der Waals surface area contributed by atoms with Crippen molar-refractivity contribution in [2.24, 2.45) is 0 Å². The monoisotopic (exact) mass is 260 g/mol. The van der Waals surface area contributed by atoms with Crippen LogP contribution in [-0.2, 0) is 4.79 Å². The highest BCUT2D eigenvalue weighted by atomic mass is 35.5. The zero-order valence-electron chi connectivity index (χ0n) is 8.54. The summed E-state index contributed by atoms with van der Waals surface area (Å²) >= 11 is 5.60. The highest BCUT2D eigenvalue weighted by Crippen LogP contribution is 2.34. The Labute approximate surface area is 101 Å². The third kappa shape index (κ3) is 4.07. The van der Waals surface area contributed by atoms with Crippen molar-refractivity contribution in [3.63, 3.8) is 0 Å². The maximum Gasteiger partial charge on any atom is 0.416 e. The van der Waals surface area contributed by atoms with E-state index in [1.54, 1.807) is 0 Å². The number of aldehydes is 1. The van der Waals surface area contributed by atoms with Crippen LogP contribution >= 0.6 is 11.6 Å². The van der Waals surface area contributed by atoms with E-state index in [0.29, 0.717) is 11.3 Å². The normalized spacial score (nSPS) is 13.1. The van der Waals surface area contributed by atoms with E-state index in [1.165, 1.54) is 24.3 Å². The van der Waals surface area contributed by atoms with Crippen molar-refractivity contribution >= 4 is 23.5 Å². The predicted octanol–water partition coefficient (Wildman–Crippen LogP) is 4.04. The van der Waals surface area contributed by atoms with E-state index in [0.717, 1.165) is 18.2 Å². The van der Waals surface area contributed by atoms with Gasteiger partial charge < -0.3 is 0 Å². The largest absolute Gasteiger partial charge is 0.416 e. The van der Waals surface area contributed by atoms with E-state index in [9.17, 15) is 18.0 Å². The number of benzene rings is 1. The molecule has 0 fully saturated rings. The summed E-state index contributed by atoms with van der Waals surface area (Å²) in [7, 11) is 0. The summed E-state index contributed by atoms with van der Waals surface area (Å²) in [6.45, 7) is 0. The summed E-state index contributed by atoms with van der Waals surface area (Å²) < 4.78 is 38.1. The fourth-order valence-corrected chi connectivity index (χ4v) is 1.31. The van der Waals surface area contributed by atoms with Gasteiger partial charge in [0.15, 0.2) is 0 Å². The van der Waals surface area contributed by atoms with E-state index in [4.69, 9.17) is 11.6 Å². The van der Waals surface area contributed by atoms with Crippen molar-refractivity contribution in [3.05, 3.63) is 53.1 Å². The van der Waals surface area contributed by atoms with Crippen LogP contribution < -0.4 is 0 Å². The number of halogens is 4. The lowest BCUT2D eigenvalue weighted by Crippen LogP contribution is -2.10. The Kier molecular flexibility index (Phi) is 4.52. The Morgan fingerprint density at radius 3 is 2.18 bits per heavy atom. The van der Waals surface area contributed by atoms with Crippen LogP contribution in [0.15, 0.2) is 42.5 Å². The molecule has 1 rings (SSSR count). The molecule has 1 nitrogen and oxygen atoms in total. The van der Waals surface area contributed by atoms with Crippen LogP contribution in [0.25, 0.3) is 5.57 Å². The second kappa shape index (κ2) is 5.68. The minimum absolute atomic E-state index is 0.00236. The fourth-order valence-electron chi connectivity index (χ4n) is 1.18. The van der Waals surface area contributed by atoms with Crippen molar-refractivity contribution in [1.82, 2.24) is 0 Å². The SMILES string of the molecule is O=C/C=C/C=C(\c1ccc(Cl)cc1)C(F)(F)F. The van der Waals surface area contributed by atoms with E-state index >= 15 is 0 Å². The minimum Gasteiger partial charge on any atom is -0.299 e. The van der Waals surface area contributed by atoms with Gasteiger partial charge in [-0.2, -0.15) is 13.2 Å². The molecule has 0 amide bonds. The number of alkyl halides is 3. The van der Waals surface area contributed by atoms with Gasteiger partial charge in [-0.3, -0.25) is 4.79 Å². The molecule has 0 aromatic heterocycles. The zero-order chi connectivity index (χ0) is 12.9. The number of hydrogen-bond donors (Lipinski definition) is 0. The van der Waals surface area contributed by atoms with Crippen molar-refractivity contribution in [2.75, 3.05) is 0 Å². The molecular formula is C12H8ClF3O. The number of allylic oxidation sites excluding steroid dienone is 4. The van der Waals surface area contributed by atoms with Crippen LogP contribution in [-0.4, -0.2) is 12.5 Å². The van der Waals surface area contributed by atoms with Gasteiger partial charge in [-0.1, -0.05) is 29.8 Å². The second-order valence-corrected chi connectivity index (χ2v) is 3.54. The number of carbonyl (C=O) groups is 1. The molecule has 0 aliphatic heterocycles. The van der Waals surface area contributed by atoms with E-state index in [-0.39, 0.29) is 5.56 Å². The molecule has 0 spiro atoms. The van der Waals surface area contributed by atoms with Crippen molar-refractivity contribution in [3.8, 4) is 0 Å². The van der Waals surface area contributed by atoms with Gasteiger partial charge in [-0.25, -0.2) is 0 Å². The third-order valence-electron chi connectivity index (χ3n) is 1.91. The zero-order valence-corrected chi connectivity index (χ0v) is 9.29. The molecule has 90 valence electrons. The molecule has 1 aromatic rings. The van der Waals surface area contributed by atoms with E-state index in [2.05, 4.69) is 0 Å². The maximum absolute atomic E-state index is 12.7. The molecule has 0 unspecified atom stereocenters. The van der Waals surface area contributed by atoms with Crippen LogP contribution in [0.2, 0.25) is 5.02 Å². The average Bonchev–Trinajstić information content (AvgIpc) is 2.25. The first-order valence-corrected chi connectivity index (χ1v) is 4.98. The van der Waals surface area contributed by atoms with Crippen LogP contribution in [0, 0.1) is 0 Å². The first-order chi connectivity index (χ1) is 7.95. The Morgan fingerprint density at radius 2 is 1.71 bits per heavy atom. The first-order valence-electron chi connectivity index (χ1n) is 4.60. The summed E-state index contributed by atoms with van der Waals surface area (Å²) in [4.78, 5) is 10.0. The molecule has 0 atom stereocenters. The number of rotatable bonds is 3. The quantitative estimate of drug-likeness (QED) is 0.455. The molecule has 0 aliphatic carbocycles. The summed E-state index contributed by atoms with van der Waals surface area (Å²) in [5.74, 6) is 0. The van der Waals surface area contributed by atoms with Gasteiger partial charge in [0.2, 0.25) is 0 Å². The van der Waals surface area contributed by atoms with E-state index < -0.39 is 11.7 Å². The molecule has 0 aliphatic rings. The molecule has 0 heterocycles. The average molecular weight is 261 g/mol. The standard InChI is InChI=1S/C12H8ClF3O/c13-10-6-4-9(5-7-10)11(12(14,15)16)3-1-2-8-17/h1-8H/b2-1+,11-3+. The van der Waals surface area contributed by atoms with Gasteiger partial charge in [0.25, 0.3) is 0 Å². The highest BCUT2D eigenvalue weighted by Gasteiger charge is 2.33. The van der Waals surface area contributed by atoms with Gasteiger partial charge in [-0.05, 0) is 29.8 Å². The van der Waals surface area contributed by atoms with Crippen LogP contribution in [0.4, 0.5) is 13.2 Å². The Morgan fingerprint density at radius 1 is 1.12 bits per heavy atom. The molecular weight excluding hydrogens is 253 g/mol. The third-order valence-corrected chi connectivity index (χ3v) is 2.17. The fraction of sp³-hybridized carbons (Fsp3) is 0.0833. The Balaban J connectivity index is 3.15. The van der Waals surface area contributed by atoms with Crippen LogP contribution in [0.3, 0.4) is 0 Å². The van der Waals surface area contributed by atoms with Gasteiger partial charge in [0, 0.05) is 5.02 Å². The molecule has 17 heavy (non-hydrogen) atoms. The molecule has 0 saturated heterocycles. The first kappa shape index (κ1) is 13.5. The Hall–Kier alpha value is -1.55. The maximum atomic E-state index is 12.7. The molecule has 1 aromatic carbocycles. The predicted molar refractivity (Wildman–Crippen MR) is 60.7 cm³/mol. The van der Waals surface area contributed by atoms with Crippen LogP contribution in [0.5, 0.6) is 0 Å². The van der Waals surface area contributed by atoms with Crippen molar-refractivity contribution in [1.29, 1.82) is 0 Å². The van der Waals surface area contributed by atoms with Gasteiger partial charge in [0.1, 0.15) is 6.29 Å². The topological polar surface area (TPSA) is 17.1 Å². The number of carbonyl (C=O) groups excluding carboxylic acids is 1.